The fraction of sp³-hybridized carbons (Fsp3) is 0.900. The van der Waals surface area contributed by atoms with E-state index in [1.54, 1.807) is 20.8 Å². The number of hydrogen-bond donors (Lipinski definition) is 0. The zero-order valence-corrected chi connectivity index (χ0v) is 11.2. The molecule has 0 spiro atoms. The molecule has 0 aromatic carbocycles. The van der Waals surface area contributed by atoms with E-state index in [0.717, 1.165) is 17.1 Å². The first-order chi connectivity index (χ1) is 7.72. The Labute approximate surface area is 102 Å². The number of carbonyl (C=O) groups excluding carboxylic acids is 1. The second-order valence-electron chi connectivity index (χ2n) is 5.43. The van der Waals surface area contributed by atoms with Crippen molar-refractivity contribution < 1.29 is 17.9 Å². The lowest BCUT2D eigenvalue weighted by Gasteiger charge is -2.24. The fourth-order valence-corrected chi connectivity index (χ4v) is 3.94. The number of carbonyl (C=O) groups is 1. The molecule has 98 valence electrons. The highest BCUT2D eigenvalue weighted by Crippen LogP contribution is 2.31. The molecule has 0 aromatic rings. The summed E-state index contributed by atoms with van der Waals surface area (Å²) in [6.45, 7) is 5.88. The maximum Gasteiger partial charge on any atom is 0.425 e. The van der Waals surface area contributed by atoms with Crippen LogP contribution in [0.5, 0.6) is 0 Å². The molecular weight excluding hydrogens is 244 g/mol. The normalized spacial score (nSPS) is 28.2. The molecule has 17 heavy (non-hydrogen) atoms. The van der Waals surface area contributed by atoms with Crippen LogP contribution in [0.25, 0.3) is 0 Å². The summed E-state index contributed by atoms with van der Waals surface area (Å²) < 4.78 is 31.5. The van der Waals surface area contributed by atoms with Crippen molar-refractivity contribution in [1.82, 2.24) is 8.61 Å². The predicted molar refractivity (Wildman–Crippen MR) is 61.6 cm³/mol. The number of ether oxygens (including phenoxy) is 1. The van der Waals surface area contributed by atoms with E-state index in [-0.39, 0.29) is 12.6 Å². The molecule has 2 saturated heterocycles. The minimum absolute atomic E-state index is 0.0625. The fourth-order valence-electron chi connectivity index (χ4n) is 2.19. The zero-order chi connectivity index (χ0) is 12.8. The smallest absolute Gasteiger partial charge is 0.425 e. The van der Waals surface area contributed by atoms with Crippen LogP contribution >= 0.6 is 0 Å². The van der Waals surface area contributed by atoms with Gasteiger partial charge in [-0.3, -0.25) is 0 Å². The average molecular weight is 262 g/mol. The van der Waals surface area contributed by atoms with Gasteiger partial charge in [-0.2, -0.15) is 17.0 Å². The lowest BCUT2D eigenvalue weighted by Crippen LogP contribution is -2.40. The van der Waals surface area contributed by atoms with Gasteiger partial charge in [-0.1, -0.05) is 0 Å². The third-order valence-electron chi connectivity index (χ3n) is 2.87. The third kappa shape index (κ3) is 2.26. The van der Waals surface area contributed by atoms with Gasteiger partial charge >= 0.3 is 16.3 Å². The summed E-state index contributed by atoms with van der Waals surface area (Å²) in [7, 11) is -3.64. The molecule has 0 aromatic heterocycles. The van der Waals surface area contributed by atoms with E-state index in [4.69, 9.17) is 4.74 Å². The molecule has 0 aliphatic carbocycles. The van der Waals surface area contributed by atoms with Gasteiger partial charge in [0.15, 0.2) is 0 Å². The standard InChI is InChI=1S/C10H18N2O4S/c1-10(2,3)16-9(13)12-7-8-5-4-6-11(8)17(12,14)15/h8H,4-7H2,1-3H3/t8-/m0/s1. The topological polar surface area (TPSA) is 66.9 Å². The highest BCUT2D eigenvalue weighted by molar-refractivity contribution is 7.87. The molecule has 2 heterocycles. The van der Waals surface area contributed by atoms with Gasteiger partial charge in [0.1, 0.15) is 5.60 Å². The Hall–Kier alpha value is -0.820. The Morgan fingerprint density at radius 1 is 1.35 bits per heavy atom. The molecular formula is C10H18N2O4S. The minimum atomic E-state index is -3.64. The Balaban J connectivity index is 2.16. The van der Waals surface area contributed by atoms with Crippen molar-refractivity contribution in [2.75, 3.05) is 13.1 Å². The Bertz CT molecular complexity index is 426. The molecule has 6 nitrogen and oxygen atoms in total. The minimum Gasteiger partial charge on any atom is -0.443 e. The summed E-state index contributed by atoms with van der Waals surface area (Å²) >= 11 is 0. The molecule has 2 fully saturated rings. The summed E-state index contributed by atoms with van der Waals surface area (Å²) in [4.78, 5) is 11.8. The van der Waals surface area contributed by atoms with Crippen molar-refractivity contribution >= 4 is 16.3 Å². The van der Waals surface area contributed by atoms with Crippen molar-refractivity contribution in [3.63, 3.8) is 0 Å². The molecule has 0 N–H and O–H groups in total. The van der Waals surface area contributed by atoms with E-state index in [9.17, 15) is 13.2 Å². The van der Waals surface area contributed by atoms with E-state index in [0.29, 0.717) is 6.54 Å². The van der Waals surface area contributed by atoms with Crippen molar-refractivity contribution in [2.24, 2.45) is 0 Å². The van der Waals surface area contributed by atoms with Crippen molar-refractivity contribution in [1.29, 1.82) is 0 Å². The maximum absolute atomic E-state index is 12.1. The molecule has 1 atom stereocenters. The molecule has 2 aliphatic rings. The van der Waals surface area contributed by atoms with Gasteiger partial charge in [0.05, 0.1) is 6.54 Å². The van der Waals surface area contributed by atoms with Gasteiger partial charge in [0.25, 0.3) is 0 Å². The third-order valence-corrected chi connectivity index (χ3v) is 4.80. The predicted octanol–water partition coefficient (Wildman–Crippen LogP) is 0.946. The molecule has 7 heteroatoms. The number of hydrogen-bond acceptors (Lipinski definition) is 4. The molecule has 2 rings (SSSR count). The number of amides is 1. The van der Waals surface area contributed by atoms with Gasteiger partial charge < -0.3 is 4.74 Å². The molecule has 2 aliphatic heterocycles. The summed E-state index contributed by atoms with van der Waals surface area (Å²) in [6, 6.07) is -0.0625. The zero-order valence-electron chi connectivity index (χ0n) is 10.3. The summed E-state index contributed by atoms with van der Waals surface area (Å²) in [5, 5.41) is 0. The quantitative estimate of drug-likeness (QED) is 0.652. The van der Waals surface area contributed by atoms with Crippen molar-refractivity contribution in [3.8, 4) is 0 Å². The van der Waals surface area contributed by atoms with Crippen LogP contribution in [0.15, 0.2) is 0 Å². The maximum atomic E-state index is 12.1. The number of fused-ring (bicyclic) bond motifs is 1. The van der Waals surface area contributed by atoms with Gasteiger partial charge in [-0.25, -0.2) is 4.79 Å². The van der Waals surface area contributed by atoms with Crippen LogP contribution < -0.4 is 0 Å². The van der Waals surface area contributed by atoms with E-state index in [1.165, 1.54) is 4.31 Å². The van der Waals surface area contributed by atoms with E-state index < -0.39 is 21.9 Å². The highest BCUT2D eigenvalue weighted by Gasteiger charge is 2.49. The second-order valence-corrected chi connectivity index (χ2v) is 7.23. The lowest BCUT2D eigenvalue weighted by molar-refractivity contribution is 0.0398. The number of nitrogens with zero attached hydrogens (tertiary/aromatic N) is 2. The van der Waals surface area contributed by atoms with Crippen LogP contribution in [0.4, 0.5) is 4.79 Å². The monoisotopic (exact) mass is 262 g/mol. The number of rotatable bonds is 0. The van der Waals surface area contributed by atoms with Crippen LogP contribution in [0.1, 0.15) is 33.6 Å². The summed E-state index contributed by atoms with van der Waals surface area (Å²) in [5.74, 6) is 0. The first-order valence-electron chi connectivity index (χ1n) is 5.74. The van der Waals surface area contributed by atoms with Crippen molar-refractivity contribution in [2.45, 2.75) is 45.3 Å². The summed E-state index contributed by atoms with van der Waals surface area (Å²) in [6.07, 6.45) is 0.914. The van der Waals surface area contributed by atoms with Gasteiger partial charge in [0.2, 0.25) is 0 Å². The average Bonchev–Trinajstić information content (AvgIpc) is 2.65. The van der Waals surface area contributed by atoms with Crippen LogP contribution in [-0.4, -0.2) is 47.9 Å². The van der Waals surface area contributed by atoms with Crippen LogP contribution in [0.2, 0.25) is 0 Å². The van der Waals surface area contributed by atoms with E-state index in [2.05, 4.69) is 0 Å². The first kappa shape index (κ1) is 12.6. The van der Waals surface area contributed by atoms with Crippen LogP contribution in [0, 0.1) is 0 Å². The Kier molecular flexibility index (Phi) is 2.86. The lowest BCUT2D eigenvalue weighted by atomic mass is 10.2. The molecule has 0 radical (unpaired) electrons. The Morgan fingerprint density at radius 2 is 2.00 bits per heavy atom. The van der Waals surface area contributed by atoms with E-state index >= 15 is 0 Å². The molecule has 0 bridgehead atoms. The van der Waals surface area contributed by atoms with Crippen LogP contribution in [-0.2, 0) is 14.9 Å². The SMILES string of the molecule is CC(C)(C)OC(=O)N1C[C@@H]2CCCN2S1(=O)=O. The Morgan fingerprint density at radius 3 is 2.53 bits per heavy atom. The van der Waals surface area contributed by atoms with Gasteiger partial charge in [-0.15, -0.1) is 0 Å². The molecule has 1 amide bonds. The van der Waals surface area contributed by atoms with Gasteiger partial charge in [-0.05, 0) is 33.6 Å². The second kappa shape index (κ2) is 3.84. The van der Waals surface area contributed by atoms with Crippen LogP contribution in [0.3, 0.4) is 0 Å². The first-order valence-corrected chi connectivity index (χ1v) is 7.14. The highest BCUT2D eigenvalue weighted by atomic mass is 32.2. The summed E-state index contributed by atoms with van der Waals surface area (Å²) in [5.41, 5.74) is -0.681. The molecule has 0 saturated carbocycles. The van der Waals surface area contributed by atoms with E-state index in [1.807, 2.05) is 0 Å². The largest absolute Gasteiger partial charge is 0.443 e. The molecule has 0 unspecified atom stereocenters. The van der Waals surface area contributed by atoms with Gasteiger partial charge in [0, 0.05) is 12.6 Å². The van der Waals surface area contributed by atoms with Crippen molar-refractivity contribution in [3.05, 3.63) is 0 Å².